The Hall–Kier alpha value is -2.34. The minimum absolute atomic E-state index is 0. The van der Waals surface area contributed by atoms with Gasteiger partial charge in [-0.1, -0.05) is 42.0 Å². The van der Waals surface area contributed by atoms with E-state index in [9.17, 15) is 18.0 Å². The highest BCUT2D eigenvalue weighted by atomic mass is 127. The first-order chi connectivity index (χ1) is 14.8. The molecular formula is C22H28F3IN4O2. The topological polar surface area (TPSA) is 74.8 Å². The molecule has 32 heavy (non-hydrogen) atoms. The summed E-state index contributed by atoms with van der Waals surface area (Å²) in [4.78, 5) is 16.2. The van der Waals surface area contributed by atoms with Crippen molar-refractivity contribution in [2.75, 3.05) is 26.7 Å². The van der Waals surface area contributed by atoms with Gasteiger partial charge in [-0.25, -0.2) is 0 Å². The van der Waals surface area contributed by atoms with Crippen molar-refractivity contribution in [2.45, 2.75) is 26.3 Å². The molecule has 1 amide bonds. The Kier molecular flexibility index (Phi) is 12.1. The molecule has 3 N–H and O–H groups in total. The average molecular weight is 564 g/mol. The fraction of sp³-hybridized carbons (Fsp3) is 0.364. The number of benzene rings is 2. The van der Waals surface area contributed by atoms with Gasteiger partial charge in [0.05, 0.1) is 6.61 Å². The maximum atomic E-state index is 12.1. The third-order valence-electron chi connectivity index (χ3n) is 4.22. The lowest BCUT2D eigenvalue weighted by Gasteiger charge is -2.13. The van der Waals surface area contributed by atoms with E-state index in [0.29, 0.717) is 36.7 Å². The highest BCUT2D eigenvalue weighted by Gasteiger charge is 2.27. The van der Waals surface area contributed by atoms with Crippen molar-refractivity contribution in [3.63, 3.8) is 0 Å². The van der Waals surface area contributed by atoms with Crippen LogP contribution >= 0.6 is 24.0 Å². The van der Waals surface area contributed by atoms with Crippen molar-refractivity contribution in [1.82, 2.24) is 16.0 Å². The van der Waals surface area contributed by atoms with Crippen LogP contribution in [0.1, 0.15) is 27.0 Å². The van der Waals surface area contributed by atoms with E-state index in [0.717, 1.165) is 11.1 Å². The fourth-order valence-electron chi connectivity index (χ4n) is 2.69. The molecule has 0 saturated heterocycles. The van der Waals surface area contributed by atoms with Crippen LogP contribution in [-0.2, 0) is 17.9 Å². The number of aryl methyl sites for hydroxylation is 1. The molecular weight excluding hydrogens is 536 g/mol. The molecule has 2 aromatic rings. The lowest BCUT2D eigenvalue weighted by Crippen LogP contribution is -2.41. The molecule has 0 heterocycles. The van der Waals surface area contributed by atoms with Gasteiger partial charge in [0.1, 0.15) is 6.61 Å². The van der Waals surface area contributed by atoms with Crippen LogP contribution < -0.4 is 16.0 Å². The summed E-state index contributed by atoms with van der Waals surface area (Å²) in [6.45, 7) is 1.99. The van der Waals surface area contributed by atoms with Gasteiger partial charge >= 0.3 is 6.18 Å². The second-order valence-electron chi connectivity index (χ2n) is 6.90. The number of hydrogen-bond donors (Lipinski definition) is 3. The number of carbonyl (C=O) groups is 1. The summed E-state index contributed by atoms with van der Waals surface area (Å²) in [5, 5.41) is 9.10. The molecule has 0 unspecified atom stereocenters. The van der Waals surface area contributed by atoms with Crippen molar-refractivity contribution in [3.05, 3.63) is 70.8 Å². The van der Waals surface area contributed by atoms with Gasteiger partial charge in [-0.15, -0.1) is 24.0 Å². The van der Waals surface area contributed by atoms with Crippen molar-refractivity contribution in [3.8, 4) is 0 Å². The summed E-state index contributed by atoms with van der Waals surface area (Å²) in [5.74, 6) is 0.440. The molecule has 2 rings (SSSR count). The Labute approximate surface area is 203 Å². The van der Waals surface area contributed by atoms with Crippen LogP contribution in [0, 0.1) is 6.92 Å². The smallest absolute Gasteiger partial charge is 0.367 e. The molecule has 0 aromatic heterocycles. The van der Waals surface area contributed by atoms with E-state index in [1.54, 1.807) is 25.2 Å². The molecule has 10 heteroatoms. The summed E-state index contributed by atoms with van der Waals surface area (Å²) in [5.41, 5.74) is 3.25. The highest BCUT2D eigenvalue weighted by Crippen LogP contribution is 2.15. The van der Waals surface area contributed by atoms with Crippen molar-refractivity contribution < 1.29 is 22.7 Å². The zero-order valence-electron chi connectivity index (χ0n) is 18.0. The second kappa shape index (κ2) is 13.9. The number of halogens is 4. The predicted molar refractivity (Wildman–Crippen MR) is 129 cm³/mol. The van der Waals surface area contributed by atoms with Crippen LogP contribution in [-0.4, -0.2) is 44.8 Å². The zero-order valence-corrected chi connectivity index (χ0v) is 20.3. The monoisotopic (exact) mass is 564 g/mol. The van der Waals surface area contributed by atoms with Crippen molar-refractivity contribution >= 4 is 35.8 Å². The van der Waals surface area contributed by atoms with Gasteiger partial charge in [-0.05, 0) is 30.2 Å². The molecule has 0 bridgehead atoms. The van der Waals surface area contributed by atoms with Gasteiger partial charge in [0.25, 0.3) is 5.91 Å². The number of hydrogen-bond acceptors (Lipinski definition) is 3. The molecule has 0 atom stereocenters. The number of nitrogens with one attached hydrogen (secondary N) is 3. The normalized spacial score (nSPS) is 11.5. The van der Waals surface area contributed by atoms with E-state index in [1.807, 2.05) is 37.3 Å². The first-order valence-corrected chi connectivity index (χ1v) is 9.78. The zero-order chi connectivity index (χ0) is 22.7. The number of rotatable bonds is 9. The molecule has 0 saturated carbocycles. The highest BCUT2D eigenvalue weighted by molar-refractivity contribution is 14.0. The summed E-state index contributed by atoms with van der Waals surface area (Å²) >= 11 is 0. The van der Waals surface area contributed by atoms with Crippen LogP contribution in [0.2, 0.25) is 0 Å². The number of nitrogens with zero attached hydrogens (tertiary/aromatic N) is 1. The van der Waals surface area contributed by atoms with Crippen LogP contribution in [0.3, 0.4) is 0 Å². The quantitative estimate of drug-likeness (QED) is 0.188. The largest absolute Gasteiger partial charge is 0.411 e. The van der Waals surface area contributed by atoms with Gasteiger partial charge in [0, 0.05) is 32.2 Å². The molecule has 0 spiro atoms. The maximum Gasteiger partial charge on any atom is 0.411 e. The molecule has 0 aliphatic rings. The van der Waals surface area contributed by atoms with Gasteiger partial charge in [-0.3, -0.25) is 9.79 Å². The third kappa shape index (κ3) is 10.8. The number of guanidine groups is 1. The molecule has 0 aliphatic carbocycles. The molecule has 176 valence electrons. The molecule has 2 aromatic carbocycles. The molecule has 0 fully saturated rings. The Morgan fingerprint density at radius 1 is 1.00 bits per heavy atom. The average Bonchev–Trinajstić information content (AvgIpc) is 2.73. The summed E-state index contributed by atoms with van der Waals surface area (Å²) in [6.07, 6.45) is -4.32. The number of ether oxygens (including phenoxy) is 1. The second-order valence-corrected chi connectivity index (χ2v) is 6.90. The summed E-state index contributed by atoms with van der Waals surface area (Å²) in [6, 6.07) is 14.5. The van der Waals surface area contributed by atoms with E-state index in [1.165, 1.54) is 0 Å². The van der Waals surface area contributed by atoms with E-state index in [4.69, 9.17) is 0 Å². The Morgan fingerprint density at radius 3 is 2.28 bits per heavy atom. The standard InChI is InChI=1S/C22H27F3N4O2.HI/c1-16-4-3-5-19(12-16)20(30)27-10-11-28-21(26-2)29-13-17-6-8-18(9-7-17)14-31-15-22(23,24)25;/h3-9,12H,10-11,13-15H2,1-2H3,(H,27,30)(H2,26,28,29);1H. The third-order valence-corrected chi connectivity index (χ3v) is 4.22. The van der Waals surface area contributed by atoms with Crippen LogP contribution in [0.5, 0.6) is 0 Å². The number of alkyl halides is 3. The van der Waals surface area contributed by atoms with Gasteiger partial charge in [0.15, 0.2) is 5.96 Å². The van der Waals surface area contributed by atoms with Gasteiger partial charge < -0.3 is 20.7 Å². The van der Waals surface area contributed by atoms with E-state index >= 15 is 0 Å². The maximum absolute atomic E-state index is 12.1. The number of aliphatic imine (C=N–C) groups is 1. The van der Waals surface area contributed by atoms with Gasteiger partial charge in [-0.2, -0.15) is 13.2 Å². The minimum atomic E-state index is -4.32. The van der Waals surface area contributed by atoms with Crippen molar-refractivity contribution in [1.29, 1.82) is 0 Å². The Bertz CT molecular complexity index is 874. The minimum Gasteiger partial charge on any atom is -0.367 e. The Balaban J connectivity index is 0.00000512. The predicted octanol–water partition coefficient (Wildman–Crippen LogP) is 3.79. The van der Waals surface area contributed by atoms with Crippen LogP contribution in [0.25, 0.3) is 0 Å². The lowest BCUT2D eigenvalue weighted by molar-refractivity contribution is -0.176. The van der Waals surface area contributed by atoms with Crippen LogP contribution in [0.4, 0.5) is 13.2 Å². The SMILES string of the molecule is CN=C(NCCNC(=O)c1cccc(C)c1)NCc1ccc(COCC(F)(F)F)cc1.I. The first kappa shape index (κ1) is 27.7. The molecule has 0 radical (unpaired) electrons. The number of carbonyl (C=O) groups excluding carboxylic acids is 1. The fourth-order valence-corrected chi connectivity index (χ4v) is 2.69. The van der Waals surface area contributed by atoms with Crippen LogP contribution in [0.15, 0.2) is 53.5 Å². The lowest BCUT2D eigenvalue weighted by atomic mass is 10.1. The van der Waals surface area contributed by atoms with Crippen molar-refractivity contribution in [2.24, 2.45) is 4.99 Å². The van der Waals surface area contributed by atoms with E-state index in [2.05, 4.69) is 25.7 Å². The van der Waals surface area contributed by atoms with E-state index in [-0.39, 0.29) is 36.5 Å². The molecule has 0 aliphatic heterocycles. The molecule has 6 nitrogen and oxygen atoms in total. The summed E-state index contributed by atoms with van der Waals surface area (Å²) in [7, 11) is 1.64. The Morgan fingerprint density at radius 2 is 1.66 bits per heavy atom. The summed E-state index contributed by atoms with van der Waals surface area (Å²) < 4.78 is 41.0. The van der Waals surface area contributed by atoms with E-state index < -0.39 is 12.8 Å². The first-order valence-electron chi connectivity index (χ1n) is 9.78. The number of amides is 1. The van der Waals surface area contributed by atoms with Gasteiger partial charge in [0.2, 0.25) is 0 Å².